The van der Waals surface area contributed by atoms with Crippen molar-refractivity contribution in [3.8, 4) is 0 Å². The van der Waals surface area contributed by atoms with Gasteiger partial charge in [0.2, 0.25) is 0 Å². The van der Waals surface area contributed by atoms with Gasteiger partial charge in [0.15, 0.2) is 0 Å². The van der Waals surface area contributed by atoms with Crippen LogP contribution in [0.3, 0.4) is 0 Å². The fraction of sp³-hybridized carbons (Fsp3) is 0.500. The third-order valence-electron chi connectivity index (χ3n) is 2.05. The van der Waals surface area contributed by atoms with Crippen molar-refractivity contribution in [1.29, 1.82) is 0 Å². The summed E-state index contributed by atoms with van der Waals surface area (Å²) in [7, 11) is 0. The molecule has 17 heavy (non-hydrogen) atoms. The van der Waals surface area contributed by atoms with E-state index in [0.717, 1.165) is 19.4 Å². The number of nitrogens with one attached hydrogen (secondary N) is 1. The average molecular weight is 257 g/mol. The van der Waals surface area contributed by atoms with Crippen LogP contribution >= 0.6 is 11.6 Å². The van der Waals surface area contributed by atoms with Crippen molar-refractivity contribution < 1.29 is 9.53 Å². The van der Waals surface area contributed by atoms with Crippen molar-refractivity contribution in [3.05, 3.63) is 29.0 Å². The predicted molar refractivity (Wildman–Crippen MR) is 67.3 cm³/mol. The van der Waals surface area contributed by atoms with Crippen LogP contribution in [0, 0.1) is 0 Å². The lowest BCUT2D eigenvalue weighted by Crippen LogP contribution is -2.26. The van der Waals surface area contributed by atoms with E-state index >= 15 is 0 Å². The van der Waals surface area contributed by atoms with E-state index in [1.165, 1.54) is 0 Å². The number of nitrogens with zero attached hydrogens (tertiary/aromatic N) is 1. The van der Waals surface area contributed by atoms with Crippen LogP contribution in [0.15, 0.2) is 18.2 Å². The van der Waals surface area contributed by atoms with Crippen LogP contribution in [-0.2, 0) is 4.74 Å². The van der Waals surface area contributed by atoms with Gasteiger partial charge in [0.05, 0.1) is 0 Å². The molecule has 0 aliphatic carbocycles. The molecule has 0 radical (unpaired) electrons. The second-order valence-electron chi connectivity index (χ2n) is 3.57. The van der Waals surface area contributed by atoms with Gasteiger partial charge in [0, 0.05) is 19.8 Å². The summed E-state index contributed by atoms with van der Waals surface area (Å²) in [6, 6.07) is 4.97. The van der Waals surface area contributed by atoms with Crippen LogP contribution in [0.25, 0.3) is 0 Å². The van der Waals surface area contributed by atoms with Gasteiger partial charge in [-0.15, -0.1) is 0 Å². The Morgan fingerprint density at radius 1 is 1.47 bits per heavy atom. The summed E-state index contributed by atoms with van der Waals surface area (Å²) in [6.45, 7) is 4.07. The lowest BCUT2D eigenvalue weighted by molar-refractivity contribution is 0.0936. The van der Waals surface area contributed by atoms with Crippen molar-refractivity contribution in [1.82, 2.24) is 10.3 Å². The Balaban J connectivity index is 2.21. The van der Waals surface area contributed by atoms with Crippen molar-refractivity contribution in [2.45, 2.75) is 19.8 Å². The molecule has 0 saturated heterocycles. The molecule has 0 aliphatic heterocycles. The Hall–Kier alpha value is -1.13. The molecule has 1 heterocycles. The topological polar surface area (TPSA) is 51.2 Å². The van der Waals surface area contributed by atoms with E-state index in [9.17, 15) is 4.79 Å². The molecule has 1 N–H and O–H groups in total. The third-order valence-corrected chi connectivity index (χ3v) is 2.26. The Kier molecular flexibility index (Phi) is 6.58. The SMILES string of the molecule is CCCOCCCNC(=O)c1cccc(Cl)n1. The van der Waals surface area contributed by atoms with Crippen LogP contribution in [0.4, 0.5) is 0 Å². The zero-order chi connectivity index (χ0) is 12.5. The summed E-state index contributed by atoms with van der Waals surface area (Å²) in [5.41, 5.74) is 0.340. The van der Waals surface area contributed by atoms with E-state index < -0.39 is 0 Å². The number of pyridine rings is 1. The van der Waals surface area contributed by atoms with Crippen molar-refractivity contribution >= 4 is 17.5 Å². The van der Waals surface area contributed by atoms with Gasteiger partial charge in [0.25, 0.3) is 5.91 Å². The highest BCUT2D eigenvalue weighted by molar-refractivity contribution is 6.29. The second kappa shape index (κ2) is 8.03. The molecule has 1 aromatic rings. The maximum atomic E-state index is 11.6. The first-order valence-corrected chi connectivity index (χ1v) is 6.10. The van der Waals surface area contributed by atoms with Gasteiger partial charge >= 0.3 is 0 Å². The van der Waals surface area contributed by atoms with Gasteiger partial charge in [-0.05, 0) is 25.0 Å². The smallest absolute Gasteiger partial charge is 0.269 e. The molecule has 4 nitrogen and oxygen atoms in total. The lowest BCUT2D eigenvalue weighted by atomic mass is 10.3. The molecular weight excluding hydrogens is 240 g/mol. The van der Waals surface area contributed by atoms with Crippen molar-refractivity contribution in [2.24, 2.45) is 0 Å². The molecular formula is C12H17ClN2O2. The maximum absolute atomic E-state index is 11.6. The summed E-state index contributed by atoms with van der Waals surface area (Å²) in [6.07, 6.45) is 1.81. The summed E-state index contributed by atoms with van der Waals surface area (Å²) >= 11 is 5.70. The fourth-order valence-electron chi connectivity index (χ4n) is 1.25. The molecule has 94 valence electrons. The van der Waals surface area contributed by atoms with Crippen LogP contribution in [-0.4, -0.2) is 30.6 Å². The normalized spacial score (nSPS) is 10.2. The fourth-order valence-corrected chi connectivity index (χ4v) is 1.41. The lowest BCUT2D eigenvalue weighted by Gasteiger charge is -2.05. The molecule has 1 rings (SSSR count). The highest BCUT2D eigenvalue weighted by Gasteiger charge is 2.06. The standard InChI is InChI=1S/C12H17ClN2O2/c1-2-8-17-9-4-7-14-12(16)10-5-3-6-11(13)15-10/h3,5-6H,2,4,7-9H2,1H3,(H,14,16). The number of hydrogen-bond acceptors (Lipinski definition) is 3. The van der Waals surface area contributed by atoms with Gasteiger partial charge in [-0.2, -0.15) is 0 Å². The highest BCUT2D eigenvalue weighted by atomic mass is 35.5. The van der Waals surface area contributed by atoms with Crippen molar-refractivity contribution in [3.63, 3.8) is 0 Å². The Bertz CT molecular complexity index is 358. The first-order chi connectivity index (χ1) is 8.24. The molecule has 0 saturated carbocycles. The van der Waals surface area contributed by atoms with Gasteiger partial charge in [-0.3, -0.25) is 4.79 Å². The minimum atomic E-state index is -0.206. The zero-order valence-electron chi connectivity index (χ0n) is 9.91. The summed E-state index contributed by atoms with van der Waals surface area (Å²) in [4.78, 5) is 15.5. The van der Waals surface area contributed by atoms with E-state index in [4.69, 9.17) is 16.3 Å². The molecule has 0 atom stereocenters. The maximum Gasteiger partial charge on any atom is 0.269 e. The number of halogens is 1. The predicted octanol–water partition coefficient (Wildman–Crippen LogP) is 2.28. The van der Waals surface area contributed by atoms with E-state index in [-0.39, 0.29) is 5.91 Å². The molecule has 0 fully saturated rings. The van der Waals surface area contributed by atoms with E-state index in [2.05, 4.69) is 17.2 Å². The minimum Gasteiger partial charge on any atom is -0.381 e. The van der Waals surface area contributed by atoms with Gasteiger partial charge in [0.1, 0.15) is 10.8 Å². The summed E-state index contributed by atoms with van der Waals surface area (Å²) in [5.74, 6) is -0.206. The van der Waals surface area contributed by atoms with E-state index in [0.29, 0.717) is 24.0 Å². The van der Waals surface area contributed by atoms with Crippen LogP contribution < -0.4 is 5.32 Å². The number of carbonyl (C=O) groups is 1. The number of rotatable bonds is 7. The number of carbonyl (C=O) groups excluding carboxylic acids is 1. The Morgan fingerprint density at radius 2 is 2.29 bits per heavy atom. The Labute approximate surface area is 106 Å². The van der Waals surface area contributed by atoms with E-state index in [1.54, 1.807) is 18.2 Å². The molecule has 5 heteroatoms. The van der Waals surface area contributed by atoms with Gasteiger partial charge in [-0.1, -0.05) is 24.6 Å². The summed E-state index contributed by atoms with van der Waals surface area (Å²) < 4.78 is 5.30. The number of amides is 1. The second-order valence-corrected chi connectivity index (χ2v) is 3.95. The summed E-state index contributed by atoms with van der Waals surface area (Å²) in [5, 5.41) is 3.09. The average Bonchev–Trinajstić information content (AvgIpc) is 2.33. The molecule has 1 aromatic heterocycles. The minimum absolute atomic E-state index is 0.206. The van der Waals surface area contributed by atoms with Gasteiger partial charge in [-0.25, -0.2) is 4.98 Å². The molecule has 0 aliphatic rings. The van der Waals surface area contributed by atoms with Crippen LogP contribution in [0.5, 0.6) is 0 Å². The first-order valence-electron chi connectivity index (χ1n) is 5.72. The molecule has 0 aromatic carbocycles. The largest absolute Gasteiger partial charge is 0.381 e. The molecule has 0 bridgehead atoms. The molecule has 0 spiro atoms. The quantitative estimate of drug-likeness (QED) is 0.602. The van der Waals surface area contributed by atoms with Crippen LogP contribution in [0.2, 0.25) is 5.15 Å². The monoisotopic (exact) mass is 256 g/mol. The Morgan fingerprint density at radius 3 is 3.00 bits per heavy atom. The van der Waals surface area contributed by atoms with Gasteiger partial charge < -0.3 is 10.1 Å². The highest BCUT2D eigenvalue weighted by Crippen LogP contribution is 2.04. The first kappa shape index (κ1) is 13.9. The number of hydrogen-bond donors (Lipinski definition) is 1. The van der Waals surface area contributed by atoms with E-state index in [1.807, 2.05) is 0 Å². The zero-order valence-corrected chi connectivity index (χ0v) is 10.7. The number of ether oxygens (including phenoxy) is 1. The molecule has 1 amide bonds. The molecule has 0 unspecified atom stereocenters. The van der Waals surface area contributed by atoms with Crippen molar-refractivity contribution in [2.75, 3.05) is 19.8 Å². The third kappa shape index (κ3) is 5.65. The number of aromatic nitrogens is 1. The van der Waals surface area contributed by atoms with Crippen LogP contribution in [0.1, 0.15) is 30.3 Å².